The summed E-state index contributed by atoms with van der Waals surface area (Å²) in [5.74, 6) is -10.3. The molecule has 1 unspecified atom stereocenters. The number of nitrogens with two attached hydrogens (primary N) is 5. The summed E-state index contributed by atoms with van der Waals surface area (Å²) in [5, 5.41) is 52.9. The molecule has 3 rings (SSSR count). The first-order valence-electron chi connectivity index (χ1n) is 28.6. The van der Waals surface area contributed by atoms with Gasteiger partial charge in [-0.3, -0.25) is 57.9 Å². The number of carboxylic acids is 1. The van der Waals surface area contributed by atoms with Gasteiger partial charge in [0.05, 0.1) is 31.1 Å². The number of guanidine groups is 2. The van der Waals surface area contributed by atoms with E-state index in [9.17, 15) is 63.3 Å². The second kappa shape index (κ2) is 36.1. The number of H-pyrrole nitrogens is 1. The highest BCUT2D eigenvalue weighted by molar-refractivity contribution is 5.99. The molecule has 2 aromatic carbocycles. The molecule has 0 bridgehead atoms. The molecule has 87 heavy (non-hydrogen) atoms. The van der Waals surface area contributed by atoms with Crippen molar-refractivity contribution in [1.29, 1.82) is 0 Å². The van der Waals surface area contributed by atoms with E-state index >= 15 is 0 Å². The number of carbonyl (C=O) groups excluding carboxylic acids is 9. The number of rotatable bonds is 37. The topological polar surface area (TPSA) is 514 Å². The van der Waals surface area contributed by atoms with Gasteiger partial charge in [-0.05, 0) is 74.6 Å². The molecule has 31 heteroatoms. The lowest BCUT2D eigenvalue weighted by Gasteiger charge is -2.32. The van der Waals surface area contributed by atoms with Crippen molar-refractivity contribution in [3.63, 3.8) is 0 Å². The molecule has 1 heterocycles. The van der Waals surface area contributed by atoms with Gasteiger partial charge in [-0.25, -0.2) is 4.98 Å². The maximum absolute atomic E-state index is 14.6. The second-order valence-electron chi connectivity index (χ2n) is 21.6. The fourth-order valence-corrected chi connectivity index (χ4v) is 8.90. The van der Waals surface area contributed by atoms with E-state index in [0.717, 1.165) is 29.5 Å². The van der Waals surface area contributed by atoms with E-state index in [1.54, 1.807) is 45.9 Å². The minimum atomic E-state index is -1.87. The van der Waals surface area contributed by atoms with E-state index in [4.69, 9.17) is 28.7 Å². The quantitative estimate of drug-likeness (QED) is 0.0147. The number of fused-ring (bicyclic) bond motifs is 1. The zero-order chi connectivity index (χ0) is 65.1. The van der Waals surface area contributed by atoms with Gasteiger partial charge in [-0.2, -0.15) is 0 Å². The number of carbonyl (C=O) groups is 10. The van der Waals surface area contributed by atoms with Crippen molar-refractivity contribution in [3.8, 4) is 0 Å². The van der Waals surface area contributed by atoms with Crippen LogP contribution in [-0.4, -0.2) is 195 Å². The lowest BCUT2D eigenvalue weighted by atomic mass is 9.96. The molecule has 3 aromatic rings. The molecule has 0 aliphatic carbocycles. The number of imidazole rings is 1. The van der Waals surface area contributed by atoms with Gasteiger partial charge in [0.1, 0.15) is 48.8 Å². The van der Waals surface area contributed by atoms with E-state index in [1.165, 1.54) is 19.4 Å². The number of nitrogens with one attached hydrogen (secondary N) is 9. The SMILES string of the molecule is CCC(C)[C@H](NC(=O)[C@H](CCCN=C(N)N)NC(=O)CNC(=O)[C@@H](NC(=O)[C@@H](NC(=O)[C@H](Cc1cnc[nH]1)NC(=O)[C@H](Cc1cccc2ccccc12)NC(=O)[C@H](C)NC(=O)[C@@H](N)CCCN=C(N)N)[C@@H](C)O)[C@@H](C)O)C(=O)N(CC(=O)O)CC(C)C. The minimum Gasteiger partial charge on any atom is -0.480 e. The van der Waals surface area contributed by atoms with E-state index in [2.05, 4.69) is 62.5 Å². The summed E-state index contributed by atoms with van der Waals surface area (Å²) in [4.78, 5) is 152. The summed E-state index contributed by atoms with van der Waals surface area (Å²) in [6.45, 7) is 9.60. The maximum atomic E-state index is 14.6. The molecule has 0 saturated carbocycles. The highest BCUT2D eigenvalue weighted by Crippen LogP contribution is 2.21. The summed E-state index contributed by atoms with van der Waals surface area (Å²) in [6.07, 6.45) is -0.0838. The highest BCUT2D eigenvalue weighted by Gasteiger charge is 2.37. The van der Waals surface area contributed by atoms with E-state index in [-0.39, 0.29) is 69.6 Å². The van der Waals surface area contributed by atoms with E-state index < -0.39 is 139 Å². The van der Waals surface area contributed by atoms with Crippen LogP contribution in [0.4, 0.5) is 0 Å². The molecule has 1 aromatic heterocycles. The van der Waals surface area contributed by atoms with Crippen molar-refractivity contribution in [2.24, 2.45) is 50.5 Å². The third-order valence-electron chi connectivity index (χ3n) is 13.8. The molecular formula is C56H88N18O13. The second-order valence-corrected chi connectivity index (χ2v) is 21.6. The molecule has 0 spiro atoms. The summed E-state index contributed by atoms with van der Waals surface area (Å²) in [5.41, 5.74) is 28.7. The summed E-state index contributed by atoms with van der Waals surface area (Å²) >= 11 is 0. The number of hydrogen-bond donors (Lipinski definition) is 17. The Morgan fingerprint density at radius 3 is 1.77 bits per heavy atom. The smallest absolute Gasteiger partial charge is 0.323 e. The van der Waals surface area contributed by atoms with Crippen molar-refractivity contribution in [3.05, 3.63) is 66.2 Å². The van der Waals surface area contributed by atoms with Crippen LogP contribution in [-0.2, 0) is 60.8 Å². The highest BCUT2D eigenvalue weighted by atomic mass is 16.4. The average Bonchev–Trinajstić information content (AvgIpc) is 2.83. The molecule has 0 fully saturated rings. The molecule has 0 saturated heterocycles. The molecule has 22 N–H and O–H groups in total. The van der Waals surface area contributed by atoms with Crippen LogP contribution in [0.15, 0.2) is 65.0 Å². The van der Waals surface area contributed by atoms with Crippen LogP contribution in [0.25, 0.3) is 10.8 Å². The molecule has 0 radical (unpaired) electrons. The van der Waals surface area contributed by atoms with E-state index in [0.29, 0.717) is 24.1 Å². The number of nitrogens with zero attached hydrogens (tertiary/aromatic N) is 4. The standard InChI is InChI=1S/C56H88N18O13/c1-8-30(4)44(54(87)74(26-29(2)3)27-43(78)79)71-49(82)39(19-13-21-64-56(60)61)68-42(77)25-65-52(85)45(32(6)75)73-53(86)46(33(7)76)72-51(84)41(23-36-24-62-28-66-36)70-50(83)40(22-35-16-11-15-34-14-9-10-17-37(34)35)69-47(80)31(5)67-48(81)38(57)18-12-20-63-55(58)59/h9-11,14-17,24,28-33,38-41,44-46,75-76H,8,12-13,18-23,25-27,57H2,1-7H3,(H,62,66)(H,65,85)(H,67,81)(H,68,77)(H,69,80)(H,70,83)(H,71,82)(H,72,84)(H,73,86)(H,78,79)(H4,58,59,63)(H4,60,61,64)/t30?,31-,32+,33+,38-,39-,40-,41-,44-,45-,46-/m0/s1. The predicted octanol–water partition coefficient (Wildman–Crippen LogP) is -4.31. The number of aliphatic hydroxyl groups excluding tert-OH is 2. The van der Waals surface area contributed by atoms with Gasteiger partial charge >= 0.3 is 5.97 Å². The number of benzene rings is 2. The van der Waals surface area contributed by atoms with Crippen LogP contribution in [0.5, 0.6) is 0 Å². The van der Waals surface area contributed by atoms with Crippen LogP contribution < -0.4 is 71.2 Å². The molecule has 0 aliphatic rings. The van der Waals surface area contributed by atoms with E-state index in [1.807, 2.05) is 24.3 Å². The van der Waals surface area contributed by atoms with Crippen LogP contribution in [0, 0.1) is 11.8 Å². The number of hydrogen-bond acceptors (Lipinski definition) is 16. The van der Waals surface area contributed by atoms with Crippen molar-refractivity contribution in [2.75, 3.05) is 32.7 Å². The molecule has 11 atom stereocenters. The minimum absolute atomic E-state index is 0.0365. The Bertz CT molecular complexity index is 2850. The van der Waals surface area contributed by atoms with Crippen molar-refractivity contribution < 1.29 is 63.3 Å². The van der Waals surface area contributed by atoms with Crippen LogP contribution in [0.2, 0.25) is 0 Å². The number of amides is 9. The fraction of sp³-hybridized carbons (Fsp3) is 0.554. The zero-order valence-corrected chi connectivity index (χ0v) is 50.2. The molecule has 0 aliphatic heterocycles. The predicted molar refractivity (Wildman–Crippen MR) is 322 cm³/mol. The van der Waals surface area contributed by atoms with Gasteiger partial charge in [0.15, 0.2) is 11.9 Å². The normalized spacial score (nSPS) is 14.9. The number of aromatic amines is 1. The third-order valence-corrected chi connectivity index (χ3v) is 13.8. The van der Waals surface area contributed by atoms with Crippen molar-refractivity contribution >= 4 is 81.8 Å². The Hall–Kier alpha value is -8.97. The summed E-state index contributed by atoms with van der Waals surface area (Å²) in [6, 6.07) is 1.19. The monoisotopic (exact) mass is 1220 g/mol. The average molecular weight is 1220 g/mol. The van der Waals surface area contributed by atoms with Gasteiger partial charge in [0.25, 0.3) is 0 Å². The molecular weight excluding hydrogens is 1130 g/mol. The maximum Gasteiger partial charge on any atom is 0.323 e. The molecule has 480 valence electrons. The van der Waals surface area contributed by atoms with Crippen LogP contribution >= 0.6 is 0 Å². The first-order chi connectivity index (χ1) is 41.0. The first-order valence-corrected chi connectivity index (χ1v) is 28.6. The largest absolute Gasteiger partial charge is 0.480 e. The Labute approximate surface area is 504 Å². The number of aliphatic hydroxyl groups is 2. The lowest BCUT2D eigenvalue weighted by Crippen LogP contribution is -2.63. The van der Waals surface area contributed by atoms with Gasteiger partial charge in [0.2, 0.25) is 53.2 Å². The Kier molecular flexibility index (Phi) is 30.0. The number of aromatic nitrogens is 2. The number of aliphatic carboxylic acids is 1. The summed E-state index contributed by atoms with van der Waals surface area (Å²) in [7, 11) is 0. The fourth-order valence-electron chi connectivity index (χ4n) is 8.90. The number of carboxylic acid groups (broad SMARTS) is 1. The van der Waals surface area contributed by atoms with Crippen molar-refractivity contribution in [1.82, 2.24) is 57.4 Å². The van der Waals surface area contributed by atoms with Crippen LogP contribution in [0.1, 0.15) is 91.8 Å². The first kappa shape index (κ1) is 72.3. The van der Waals surface area contributed by atoms with Crippen LogP contribution in [0.3, 0.4) is 0 Å². The van der Waals surface area contributed by atoms with Crippen molar-refractivity contribution in [2.45, 2.75) is 154 Å². The molecule has 31 nitrogen and oxygen atoms in total. The number of aliphatic imine (C=N–C) groups is 2. The summed E-state index contributed by atoms with van der Waals surface area (Å²) < 4.78 is 0. The molecule has 9 amide bonds. The lowest BCUT2D eigenvalue weighted by molar-refractivity contribution is -0.147. The zero-order valence-electron chi connectivity index (χ0n) is 50.2. The van der Waals surface area contributed by atoms with Gasteiger partial charge in [-0.1, -0.05) is 76.6 Å². The van der Waals surface area contributed by atoms with Gasteiger partial charge in [-0.15, -0.1) is 0 Å². The Morgan fingerprint density at radius 1 is 0.632 bits per heavy atom. The Morgan fingerprint density at radius 2 is 1.18 bits per heavy atom. The Balaban J connectivity index is 1.85. The third kappa shape index (κ3) is 24.9. The van der Waals surface area contributed by atoms with Gasteiger partial charge < -0.3 is 96.4 Å². The van der Waals surface area contributed by atoms with Gasteiger partial charge in [0, 0.05) is 44.4 Å².